The van der Waals surface area contributed by atoms with Crippen molar-refractivity contribution in [3.05, 3.63) is 40.8 Å². The zero-order chi connectivity index (χ0) is 17.1. The Morgan fingerprint density at radius 2 is 1.92 bits per heavy atom. The van der Waals surface area contributed by atoms with Gasteiger partial charge in [-0.25, -0.2) is 9.37 Å². The van der Waals surface area contributed by atoms with Crippen molar-refractivity contribution in [1.29, 1.82) is 0 Å². The highest BCUT2D eigenvalue weighted by molar-refractivity contribution is 5.40. The molecule has 0 N–H and O–H groups in total. The third-order valence-electron chi connectivity index (χ3n) is 4.31. The molecule has 0 radical (unpaired) electrons. The van der Waals surface area contributed by atoms with Crippen molar-refractivity contribution in [3.8, 4) is 11.6 Å². The van der Waals surface area contributed by atoms with Crippen molar-refractivity contribution >= 4 is 5.95 Å². The zero-order valence-corrected chi connectivity index (χ0v) is 14.3. The van der Waals surface area contributed by atoms with Crippen LogP contribution in [0.3, 0.4) is 0 Å². The largest absolute Gasteiger partial charge is 0.494 e. The van der Waals surface area contributed by atoms with Gasteiger partial charge in [-0.05, 0) is 44.4 Å². The lowest BCUT2D eigenvalue weighted by atomic mass is 10.2. The molecular weight excluding hydrogens is 309 g/mol. The maximum Gasteiger partial charge on any atom is 0.228 e. The lowest BCUT2D eigenvalue weighted by Crippen LogP contribution is -2.21. The average Bonchev–Trinajstić information content (AvgIpc) is 3.10. The number of rotatable bonds is 5. The Labute approximate surface area is 141 Å². The van der Waals surface area contributed by atoms with Crippen LogP contribution in [0.25, 0.3) is 0 Å². The molecule has 5 nitrogen and oxygen atoms in total. The van der Waals surface area contributed by atoms with Gasteiger partial charge in [0.25, 0.3) is 0 Å². The second kappa shape index (κ2) is 7.03. The topological polar surface area (TPSA) is 47.5 Å². The molecule has 1 aromatic heterocycles. The normalized spacial score (nSPS) is 14.1. The number of ether oxygens (including phenoxy) is 2. The quantitative estimate of drug-likeness (QED) is 0.840. The first-order valence-electron chi connectivity index (χ1n) is 8.14. The third-order valence-corrected chi connectivity index (χ3v) is 4.31. The standard InChI is InChI=1S/C18H22FN3O2/c1-12-13(2)20-18(22-8-4-5-9-22)21-17(12)24-11-14-6-7-16(23-3)15(19)10-14/h6-7,10H,4-5,8-9,11H2,1-3H3. The lowest BCUT2D eigenvalue weighted by Gasteiger charge is -2.18. The van der Waals surface area contributed by atoms with Crippen LogP contribution in [0.1, 0.15) is 29.7 Å². The molecule has 1 aliphatic heterocycles. The first-order valence-corrected chi connectivity index (χ1v) is 8.14. The summed E-state index contributed by atoms with van der Waals surface area (Å²) in [6.07, 6.45) is 2.33. The molecule has 1 aliphatic rings. The van der Waals surface area contributed by atoms with Crippen molar-refractivity contribution in [2.24, 2.45) is 0 Å². The maximum atomic E-state index is 13.8. The minimum Gasteiger partial charge on any atom is -0.494 e. The predicted octanol–water partition coefficient (Wildman–Crippen LogP) is 3.42. The van der Waals surface area contributed by atoms with Gasteiger partial charge in [0.2, 0.25) is 11.8 Å². The van der Waals surface area contributed by atoms with Gasteiger partial charge in [-0.2, -0.15) is 4.98 Å². The van der Waals surface area contributed by atoms with E-state index in [9.17, 15) is 4.39 Å². The third kappa shape index (κ3) is 3.42. The maximum absolute atomic E-state index is 13.8. The van der Waals surface area contributed by atoms with Crippen LogP contribution >= 0.6 is 0 Å². The van der Waals surface area contributed by atoms with Crippen LogP contribution in [0, 0.1) is 19.7 Å². The number of aromatic nitrogens is 2. The van der Waals surface area contributed by atoms with E-state index in [2.05, 4.69) is 14.9 Å². The Bertz CT molecular complexity index is 730. The molecule has 0 bridgehead atoms. The summed E-state index contributed by atoms with van der Waals surface area (Å²) in [4.78, 5) is 11.3. The van der Waals surface area contributed by atoms with E-state index in [-0.39, 0.29) is 12.4 Å². The number of hydrogen-bond donors (Lipinski definition) is 0. The van der Waals surface area contributed by atoms with Crippen LogP contribution < -0.4 is 14.4 Å². The van der Waals surface area contributed by atoms with Crippen LogP contribution in [0.2, 0.25) is 0 Å². The molecule has 2 heterocycles. The van der Waals surface area contributed by atoms with E-state index in [1.807, 2.05) is 13.8 Å². The fourth-order valence-electron chi connectivity index (χ4n) is 2.74. The first-order chi connectivity index (χ1) is 11.6. The number of methoxy groups -OCH3 is 1. The van der Waals surface area contributed by atoms with Gasteiger partial charge in [0.15, 0.2) is 11.6 Å². The van der Waals surface area contributed by atoms with Crippen LogP contribution in [-0.2, 0) is 6.61 Å². The van der Waals surface area contributed by atoms with E-state index in [4.69, 9.17) is 9.47 Å². The summed E-state index contributed by atoms with van der Waals surface area (Å²) in [5.74, 6) is 1.10. The monoisotopic (exact) mass is 331 g/mol. The molecule has 0 unspecified atom stereocenters. The predicted molar refractivity (Wildman–Crippen MR) is 90.2 cm³/mol. The molecule has 1 aromatic carbocycles. The number of aryl methyl sites for hydroxylation is 1. The summed E-state index contributed by atoms with van der Waals surface area (Å²) in [7, 11) is 1.45. The summed E-state index contributed by atoms with van der Waals surface area (Å²) in [6.45, 7) is 6.10. The molecule has 0 amide bonds. The Morgan fingerprint density at radius 3 is 2.58 bits per heavy atom. The van der Waals surface area contributed by atoms with Crippen LogP contribution in [-0.4, -0.2) is 30.2 Å². The van der Waals surface area contributed by atoms with Crippen LogP contribution in [0.5, 0.6) is 11.6 Å². The lowest BCUT2D eigenvalue weighted by molar-refractivity contribution is 0.289. The molecule has 128 valence electrons. The van der Waals surface area contributed by atoms with Gasteiger partial charge in [-0.15, -0.1) is 0 Å². The second-order valence-corrected chi connectivity index (χ2v) is 5.99. The summed E-state index contributed by atoms with van der Waals surface area (Å²) in [5.41, 5.74) is 2.54. The Hall–Kier alpha value is -2.37. The van der Waals surface area contributed by atoms with Crippen LogP contribution in [0.15, 0.2) is 18.2 Å². The number of anilines is 1. The van der Waals surface area contributed by atoms with Crippen molar-refractivity contribution in [2.75, 3.05) is 25.1 Å². The molecule has 1 fully saturated rings. The summed E-state index contributed by atoms with van der Waals surface area (Å²) in [5, 5.41) is 0. The smallest absolute Gasteiger partial charge is 0.228 e. The van der Waals surface area contributed by atoms with Crippen molar-refractivity contribution < 1.29 is 13.9 Å². The molecule has 0 atom stereocenters. The second-order valence-electron chi connectivity index (χ2n) is 5.99. The minimum absolute atomic E-state index is 0.226. The molecule has 6 heteroatoms. The van der Waals surface area contributed by atoms with Gasteiger partial charge in [0.05, 0.1) is 7.11 Å². The van der Waals surface area contributed by atoms with E-state index in [0.29, 0.717) is 11.8 Å². The molecule has 3 rings (SSSR count). The SMILES string of the molecule is COc1ccc(COc2nc(N3CCCC3)nc(C)c2C)cc1F. The van der Waals surface area contributed by atoms with Crippen molar-refractivity contribution in [1.82, 2.24) is 9.97 Å². The highest BCUT2D eigenvalue weighted by Crippen LogP contribution is 2.25. The molecular formula is C18H22FN3O2. The van der Waals surface area contributed by atoms with Gasteiger partial charge >= 0.3 is 0 Å². The Balaban J connectivity index is 1.77. The number of benzene rings is 1. The summed E-state index contributed by atoms with van der Waals surface area (Å²) < 4.78 is 24.6. The number of hydrogen-bond acceptors (Lipinski definition) is 5. The van der Waals surface area contributed by atoms with Gasteiger partial charge in [-0.3, -0.25) is 0 Å². The number of nitrogens with zero attached hydrogens (tertiary/aromatic N) is 3. The molecule has 1 saturated heterocycles. The van der Waals surface area contributed by atoms with E-state index in [1.54, 1.807) is 12.1 Å². The number of halogens is 1. The van der Waals surface area contributed by atoms with Crippen LogP contribution in [0.4, 0.5) is 10.3 Å². The van der Waals surface area contributed by atoms with Gasteiger partial charge in [0, 0.05) is 24.3 Å². The van der Waals surface area contributed by atoms with E-state index < -0.39 is 5.82 Å². The zero-order valence-electron chi connectivity index (χ0n) is 14.3. The fourth-order valence-corrected chi connectivity index (χ4v) is 2.74. The summed E-state index contributed by atoms with van der Waals surface area (Å²) in [6, 6.07) is 4.80. The Morgan fingerprint density at radius 1 is 1.17 bits per heavy atom. The first kappa shape index (κ1) is 16.5. The molecule has 0 spiro atoms. The van der Waals surface area contributed by atoms with Gasteiger partial charge in [0.1, 0.15) is 6.61 Å². The Kier molecular flexibility index (Phi) is 4.83. The molecule has 2 aromatic rings. The van der Waals surface area contributed by atoms with E-state index >= 15 is 0 Å². The summed E-state index contributed by atoms with van der Waals surface area (Å²) >= 11 is 0. The van der Waals surface area contributed by atoms with Crippen molar-refractivity contribution in [2.45, 2.75) is 33.3 Å². The molecule has 0 saturated carbocycles. The van der Waals surface area contributed by atoms with Crippen molar-refractivity contribution in [3.63, 3.8) is 0 Å². The average molecular weight is 331 g/mol. The molecule has 24 heavy (non-hydrogen) atoms. The highest BCUT2D eigenvalue weighted by Gasteiger charge is 2.18. The fraction of sp³-hybridized carbons (Fsp3) is 0.444. The van der Waals surface area contributed by atoms with Gasteiger partial charge < -0.3 is 14.4 Å². The van der Waals surface area contributed by atoms with E-state index in [1.165, 1.54) is 13.2 Å². The minimum atomic E-state index is -0.396. The molecule has 0 aliphatic carbocycles. The van der Waals surface area contributed by atoms with Gasteiger partial charge in [-0.1, -0.05) is 6.07 Å². The highest BCUT2D eigenvalue weighted by atomic mass is 19.1. The van der Waals surface area contributed by atoms with E-state index in [0.717, 1.165) is 42.8 Å².